The van der Waals surface area contributed by atoms with Crippen molar-refractivity contribution in [1.82, 2.24) is 10.3 Å². The highest BCUT2D eigenvalue weighted by atomic mass is 14.9. The van der Waals surface area contributed by atoms with E-state index in [0.717, 1.165) is 23.8 Å². The van der Waals surface area contributed by atoms with Crippen LogP contribution in [0, 0.1) is 17.8 Å². The Bertz CT molecular complexity index is 376. The third-order valence-corrected chi connectivity index (χ3v) is 4.80. The van der Waals surface area contributed by atoms with E-state index in [9.17, 15) is 0 Å². The van der Waals surface area contributed by atoms with Crippen molar-refractivity contribution in [2.24, 2.45) is 17.8 Å². The summed E-state index contributed by atoms with van der Waals surface area (Å²) >= 11 is 0. The van der Waals surface area contributed by atoms with E-state index in [1.54, 1.807) is 0 Å². The third-order valence-electron chi connectivity index (χ3n) is 4.80. The van der Waals surface area contributed by atoms with Gasteiger partial charge in [0.1, 0.15) is 0 Å². The molecule has 1 aromatic heterocycles. The first-order valence-corrected chi connectivity index (χ1v) is 7.46. The van der Waals surface area contributed by atoms with Crippen LogP contribution in [0.1, 0.15) is 38.3 Å². The second-order valence-electron chi connectivity index (χ2n) is 6.23. The molecule has 2 heterocycles. The Balaban J connectivity index is 1.72. The van der Waals surface area contributed by atoms with Crippen LogP contribution in [0.2, 0.25) is 0 Å². The SMILES string of the molecule is C[C@@H]1C[C@H](Cc2ccccn2)[C@@H]2CCCN[C@@H]2C1. The van der Waals surface area contributed by atoms with Crippen molar-refractivity contribution in [3.05, 3.63) is 30.1 Å². The lowest BCUT2D eigenvalue weighted by molar-refractivity contribution is 0.105. The Morgan fingerprint density at radius 3 is 3.11 bits per heavy atom. The fourth-order valence-electron chi connectivity index (χ4n) is 4.04. The number of hydrogen-bond donors (Lipinski definition) is 1. The lowest BCUT2D eigenvalue weighted by Crippen LogP contribution is -2.49. The van der Waals surface area contributed by atoms with Crippen LogP contribution in [0.4, 0.5) is 0 Å². The summed E-state index contributed by atoms with van der Waals surface area (Å²) in [4.78, 5) is 4.52. The molecule has 0 bridgehead atoms. The van der Waals surface area contributed by atoms with Gasteiger partial charge in [-0.3, -0.25) is 4.98 Å². The minimum atomic E-state index is 0.774. The monoisotopic (exact) mass is 244 g/mol. The standard InChI is InChI=1S/C16H24N2/c1-12-9-13(11-14-5-2-3-7-17-14)15-6-4-8-18-16(15)10-12/h2-3,5,7,12-13,15-16,18H,4,6,8-11H2,1H3/t12-,13-,15+,16-/m1/s1. The number of aromatic nitrogens is 1. The van der Waals surface area contributed by atoms with Gasteiger partial charge in [-0.2, -0.15) is 0 Å². The number of piperidine rings is 1. The van der Waals surface area contributed by atoms with E-state index in [1.807, 2.05) is 12.3 Å². The summed E-state index contributed by atoms with van der Waals surface area (Å²) in [5, 5.41) is 3.75. The van der Waals surface area contributed by atoms with Crippen LogP contribution < -0.4 is 5.32 Å². The average Bonchev–Trinajstić information content (AvgIpc) is 2.40. The van der Waals surface area contributed by atoms with Gasteiger partial charge in [-0.15, -0.1) is 0 Å². The molecule has 4 atom stereocenters. The zero-order valence-electron chi connectivity index (χ0n) is 11.3. The molecule has 1 aliphatic carbocycles. The van der Waals surface area contributed by atoms with Crippen molar-refractivity contribution in [3.63, 3.8) is 0 Å². The zero-order chi connectivity index (χ0) is 12.4. The van der Waals surface area contributed by atoms with Crippen LogP contribution in [0.5, 0.6) is 0 Å². The lowest BCUT2D eigenvalue weighted by atomic mass is 9.67. The van der Waals surface area contributed by atoms with Crippen LogP contribution in [-0.4, -0.2) is 17.6 Å². The van der Waals surface area contributed by atoms with E-state index in [-0.39, 0.29) is 0 Å². The largest absolute Gasteiger partial charge is 0.314 e. The maximum absolute atomic E-state index is 4.52. The van der Waals surface area contributed by atoms with E-state index >= 15 is 0 Å². The Morgan fingerprint density at radius 2 is 2.28 bits per heavy atom. The highest BCUT2D eigenvalue weighted by Gasteiger charge is 2.37. The van der Waals surface area contributed by atoms with E-state index in [1.165, 1.54) is 44.3 Å². The molecule has 98 valence electrons. The first-order valence-electron chi connectivity index (χ1n) is 7.46. The molecule has 1 saturated carbocycles. The van der Waals surface area contributed by atoms with Crippen LogP contribution in [-0.2, 0) is 6.42 Å². The Labute approximate surface area is 110 Å². The van der Waals surface area contributed by atoms with Gasteiger partial charge in [0.05, 0.1) is 0 Å². The molecule has 1 N–H and O–H groups in total. The van der Waals surface area contributed by atoms with Gasteiger partial charge in [0.2, 0.25) is 0 Å². The lowest BCUT2D eigenvalue weighted by Gasteiger charge is -2.44. The maximum atomic E-state index is 4.52. The highest BCUT2D eigenvalue weighted by molar-refractivity contribution is 5.06. The van der Waals surface area contributed by atoms with Gasteiger partial charge in [-0.05, 0) is 68.5 Å². The third kappa shape index (κ3) is 2.59. The van der Waals surface area contributed by atoms with Crippen molar-refractivity contribution in [3.8, 4) is 0 Å². The maximum Gasteiger partial charge on any atom is 0.0406 e. The predicted molar refractivity (Wildman–Crippen MR) is 74.3 cm³/mol. The van der Waals surface area contributed by atoms with Crippen LogP contribution in [0.25, 0.3) is 0 Å². The van der Waals surface area contributed by atoms with Crippen LogP contribution >= 0.6 is 0 Å². The second-order valence-corrected chi connectivity index (χ2v) is 6.23. The molecule has 3 rings (SSSR count). The quantitative estimate of drug-likeness (QED) is 0.865. The first-order chi connectivity index (χ1) is 8.83. The first kappa shape index (κ1) is 12.2. The normalized spacial score (nSPS) is 36.1. The van der Waals surface area contributed by atoms with Gasteiger partial charge >= 0.3 is 0 Å². The van der Waals surface area contributed by atoms with Gasteiger partial charge < -0.3 is 5.32 Å². The summed E-state index contributed by atoms with van der Waals surface area (Å²) < 4.78 is 0. The Hall–Kier alpha value is -0.890. The molecule has 1 aromatic rings. The van der Waals surface area contributed by atoms with Gasteiger partial charge in [-0.25, -0.2) is 0 Å². The fraction of sp³-hybridized carbons (Fsp3) is 0.688. The zero-order valence-corrected chi connectivity index (χ0v) is 11.3. The van der Waals surface area contributed by atoms with Gasteiger partial charge in [-0.1, -0.05) is 13.0 Å². The number of nitrogens with one attached hydrogen (secondary N) is 1. The molecule has 2 aliphatic rings. The summed E-state index contributed by atoms with van der Waals surface area (Å²) in [6.07, 6.45) is 8.64. The molecule has 0 unspecified atom stereocenters. The van der Waals surface area contributed by atoms with Crippen LogP contribution in [0.3, 0.4) is 0 Å². The second kappa shape index (κ2) is 5.40. The summed E-state index contributed by atoms with van der Waals surface area (Å²) in [5.41, 5.74) is 1.28. The molecule has 0 spiro atoms. The Morgan fingerprint density at radius 1 is 1.33 bits per heavy atom. The van der Waals surface area contributed by atoms with E-state index in [0.29, 0.717) is 0 Å². The number of fused-ring (bicyclic) bond motifs is 1. The molecule has 0 radical (unpaired) electrons. The average molecular weight is 244 g/mol. The van der Waals surface area contributed by atoms with Crippen molar-refractivity contribution in [1.29, 1.82) is 0 Å². The number of hydrogen-bond acceptors (Lipinski definition) is 2. The molecule has 0 amide bonds. The predicted octanol–water partition coefficient (Wildman–Crippen LogP) is 3.04. The summed E-state index contributed by atoms with van der Waals surface area (Å²) in [5.74, 6) is 2.59. The van der Waals surface area contributed by atoms with E-state index in [2.05, 4.69) is 29.4 Å². The van der Waals surface area contributed by atoms with Gasteiger partial charge in [0.25, 0.3) is 0 Å². The molecule has 18 heavy (non-hydrogen) atoms. The number of rotatable bonds is 2. The highest BCUT2D eigenvalue weighted by Crippen LogP contribution is 2.39. The molecule has 2 heteroatoms. The molecular weight excluding hydrogens is 220 g/mol. The minimum absolute atomic E-state index is 0.774. The van der Waals surface area contributed by atoms with Crippen molar-refractivity contribution < 1.29 is 0 Å². The van der Waals surface area contributed by atoms with Gasteiger partial charge in [0, 0.05) is 17.9 Å². The van der Waals surface area contributed by atoms with E-state index in [4.69, 9.17) is 0 Å². The minimum Gasteiger partial charge on any atom is -0.314 e. The number of pyridine rings is 1. The molecule has 1 aliphatic heterocycles. The van der Waals surface area contributed by atoms with Crippen molar-refractivity contribution in [2.75, 3.05) is 6.54 Å². The molecule has 1 saturated heterocycles. The molecular formula is C16H24N2. The van der Waals surface area contributed by atoms with Crippen LogP contribution in [0.15, 0.2) is 24.4 Å². The van der Waals surface area contributed by atoms with E-state index < -0.39 is 0 Å². The molecule has 2 fully saturated rings. The molecule has 0 aromatic carbocycles. The summed E-state index contributed by atoms with van der Waals surface area (Å²) in [6.45, 7) is 3.64. The van der Waals surface area contributed by atoms with Crippen molar-refractivity contribution in [2.45, 2.75) is 45.1 Å². The Kier molecular flexibility index (Phi) is 3.64. The molecule has 2 nitrogen and oxygen atoms in total. The fourth-order valence-corrected chi connectivity index (χ4v) is 4.04. The summed E-state index contributed by atoms with van der Waals surface area (Å²) in [6, 6.07) is 7.09. The van der Waals surface area contributed by atoms with Crippen molar-refractivity contribution >= 4 is 0 Å². The smallest absolute Gasteiger partial charge is 0.0406 e. The summed E-state index contributed by atoms with van der Waals surface area (Å²) in [7, 11) is 0. The van der Waals surface area contributed by atoms with Gasteiger partial charge in [0.15, 0.2) is 0 Å². The topological polar surface area (TPSA) is 24.9 Å². The number of nitrogens with zero attached hydrogens (tertiary/aromatic N) is 1.